The van der Waals surface area contributed by atoms with Gasteiger partial charge in [-0.2, -0.15) is 0 Å². The lowest BCUT2D eigenvalue weighted by atomic mass is 9.63. The van der Waals surface area contributed by atoms with Crippen LogP contribution in [0.3, 0.4) is 0 Å². The summed E-state index contributed by atoms with van der Waals surface area (Å²) >= 11 is 1.50. The zero-order chi connectivity index (χ0) is 18.1. The Balaban J connectivity index is 1.58. The van der Waals surface area contributed by atoms with Crippen LogP contribution in [0, 0.1) is 6.92 Å². The minimum absolute atomic E-state index is 0.0293. The Kier molecular flexibility index (Phi) is 4.16. The maximum absolute atomic E-state index is 12.9. The highest BCUT2D eigenvalue weighted by Gasteiger charge is 2.45. The van der Waals surface area contributed by atoms with Gasteiger partial charge in [0.2, 0.25) is 11.9 Å². The number of benzene rings is 1. The Morgan fingerprint density at radius 3 is 2.31 bits per heavy atom. The van der Waals surface area contributed by atoms with Gasteiger partial charge in [-0.1, -0.05) is 30.7 Å². The number of nitrogens with two attached hydrogens (primary N) is 1. The van der Waals surface area contributed by atoms with Gasteiger partial charge < -0.3 is 11.1 Å². The van der Waals surface area contributed by atoms with E-state index in [1.54, 1.807) is 18.6 Å². The molecule has 6 nitrogen and oxygen atoms in total. The quantitative estimate of drug-likeness (QED) is 0.737. The van der Waals surface area contributed by atoms with Gasteiger partial charge in [-0.15, -0.1) is 11.3 Å². The first kappa shape index (κ1) is 16.7. The molecule has 132 valence electrons. The summed E-state index contributed by atoms with van der Waals surface area (Å²) in [6, 6.07) is 8.06. The first-order valence-corrected chi connectivity index (χ1v) is 9.31. The largest absolute Gasteiger partial charge is 0.368 e. The van der Waals surface area contributed by atoms with Crippen molar-refractivity contribution in [3.8, 4) is 11.1 Å². The van der Waals surface area contributed by atoms with Crippen LogP contribution in [-0.4, -0.2) is 20.9 Å². The Morgan fingerprint density at radius 1 is 1.08 bits per heavy atom. The van der Waals surface area contributed by atoms with E-state index in [1.807, 2.05) is 31.2 Å². The molecule has 0 unspecified atom stereocenters. The van der Waals surface area contributed by atoms with Crippen LogP contribution in [0.15, 0.2) is 42.9 Å². The van der Waals surface area contributed by atoms with Gasteiger partial charge in [0.05, 0.1) is 5.41 Å². The zero-order valence-electron chi connectivity index (χ0n) is 14.4. The summed E-state index contributed by atoms with van der Waals surface area (Å²) in [6.07, 6.45) is 7.94. The summed E-state index contributed by atoms with van der Waals surface area (Å²) in [4.78, 5) is 26.3. The number of hydrogen-bond donors (Lipinski definition) is 2. The third-order valence-corrected chi connectivity index (χ3v) is 5.75. The lowest BCUT2D eigenvalue weighted by Gasteiger charge is -2.40. The molecule has 1 amide bonds. The van der Waals surface area contributed by atoms with Crippen molar-refractivity contribution in [2.75, 3.05) is 11.1 Å². The predicted octanol–water partition coefficient (Wildman–Crippen LogP) is 3.55. The van der Waals surface area contributed by atoms with Gasteiger partial charge in [0, 0.05) is 29.0 Å². The average Bonchev–Trinajstić information content (AvgIpc) is 3.00. The van der Waals surface area contributed by atoms with E-state index in [9.17, 15) is 4.79 Å². The fraction of sp³-hybridized carbons (Fsp3) is 0.263. The lowest BCUT2D eigenvalue weighted by molar-refractivity contribution is -0.124. The summed E-state index contributed by atoms with van der Waals surface area (Å²) < 4.78 is 0. The molecule has 3 N–H and O–H groups in total. The molecular formula is C19H19N5OS. The number of nitrogens with zero attached hydrogens (tertiary/aromatic N) is 3. The van der Waals surface area contributed by atoms with Crippen LogP contribution in [-0.2, 0) is 10.2 Å². The number of anilines is 2. The Morgan fingerprint density at radius 2 is 1.77 bits per heavy atom. The van der Waals surface area contributed by atoms with E-state index in [0.717, 1.165) is 40.8 Å². The molecule has 0 radical (unpaired) electrons. The topological polar surface area (TPSA) is 93.8 Å². The molecule has 0 spiro atoms. The molecule has 1 saturated carbocycles. The van der Waals surface area contributed by atoms with Gasteiger partial charge in [-0.05, 0) is 30.9 Å². The molecule has 0 saturated heterocycles. The molecule has 3 aromatic rings. The molecule has 2 aromatic heterocycles. The van der Waals surface area contributed by atoms with Crippen molar-refractivity contribution in [1.82, 2.24) is 15.0 Å². The second-order valence-electron chi connectivity index (χ2n) is 6.57. The van der Waals surface area contributed by atoms with Gasteiger partial charge in [0.15, 0.2) is 5.13 Å². The third-order valence-electron chi connectivity index (χ3n) is 4.93. The maximum Gasteiger partial charge on any atom is 0.236 e. The van der Waals surface area contributed by atoms with Crippen LogP contribution in [0.5, 0.6) is 0 Å². The molecule has 0 aliphatic heterocycles. The Bertz CT molecular complexity index is 929. The van der Waals surface area contributed by atoms with E-state index in [2.05, 4.69) is 20.3 Å². The number of aromatic nitrogens is 3. The van der Waals surface area contributed by atoms with Crippen molar-refractivity contribution in [3.05, 3.63) is 53.3 Å². The van der Waals surface area contributed by atoms with Gasteiger partial charge in [-0.25, -0.2) is 15.0 Å². The minimum atomic E-state index is -0.463. The maximum atomic E-state index is 12.9. The Hall–Kier alpha value is -2.80. The van der Waals surface area contributed by atoms with Crippen LogP contribution in [0.1, 0.15) is 29.7 Å². The molecule has 2 heterocycles. The van der Waals surface area contributed by atoms with E-state index < -0.39 is 5.41 Å². The summed E-state index contributed by atoms with van der Waals surface area (Å²) in [6.45, 7) is 1.98. The van der Waals surface area contributed by atoms with Crippen LogP contribution < -0.4 is 11.1 Å². The second-order valence-corrected chi connectivity index (χ2v) is 7.81. The number of thiazole rings is 1. The van der Waals surface area contributed by atoms with Crippen molar-refractivity contribution in [2.24, 2.45) is 0 Å². The highest BCUT2D eigenvalue weighted by molar-refractivity contribution is 7.15. The summed E-state index contributed by atoms with van der Waals surface area (Å²) in [5, 5.41) is 3.65. The molecule has 1 fully saturated rings. The SMILES string of the molecule is Cc1cnc(NC(=O)C2(c3ccc(-c4cnc(N)nc4)cc3)CCC2)s1. The molecule has 0 atom stereocenters. The minimum Gasteiger partial charge on any atom is -0.368 e. The molecule has 4 rings (SSSR count). The van der Waals surface area contributed by atoms with Crippen molar-refractivity contribution in [1.29, 1.82) is 0 Å². The predicted molar refractivity (Wildman–Crippen MR) is 103 cm³/mol. The van der Waals surface area contributed by atoms with Gasteiger partial charge in [0.25, 0.3) is 0 Å². The molecule has 1 aliphatic rings. The zero-order valence-corrected chi connectivity index (χ0v) is 15.2. The number of carbonyl (C=O) groups excluding carboxylic acids is 1. The number of nitrogens with one attached hydrogen (secondary N) is 1. The fourth-order valence-electron chi connectivity index (χ4n) is 3.28. The monoisotopic (exact) mass is 365 g/mol. The molecule has 1 aromatic carbocycles. The van der Waals surface area contributed by atoms with E-state index in [4.69, 9.17) is 5.73 Å². The normalized spacial score (nSPS) is 15.3. The first-order valence-electron chi connectivity index (χ1n) is 8.49. The van der Waals surface area contributed by atoms with Gasteiger partial charge >= 0.3 is 0 Å². The smallest absolute Gasteiger partial charge is 0.236 e. The first-order chi connectivity index (χ1) is 12.6. The van der Waals surface area contributed by atoms with E-state index in [-0.39, 0.29) is 11.9 Å². The van der Waals surface area contributed by atoms with Crippen molar-refractivity contribution in [3.63, 3.8) is 0 Å². The number of carbonyl (C=O) groups is 1. The number of amides is 1. The van der Waals surface area contributed by atoms with Crippen LogP contribution in [0.4, 0.5) is 11.1 Å². The van der Waals surface area contributed by atoms with Gasteiger partial charge in [-0.3, -0.25) is 4.79 Å². The molecule has 26 heavy (non-hydrogen) atoms. The molecule has 0 bridgehead atoms. The van der Waals surface area contributed by atoms with Crippen molar-refractivity contribution >= 4 is 28.3 Å². The average molecular weight is 365 g/mol. The number of aryl methyl sites for hydroxylation is 1. The second kappa shape index (κ2) is 6.49. The summed E-state index contributed by atoms with van der Waals surface area (Å²) in [7, 11) is 0. The number of rotatable bonds is 4. The van der Waals surface area contributed by atoms with Crippen LogP contribution in [0.25, 0.3) is 11.1 Å². The summed E-state index contributed by atoms with van der Waals surface area (Å²) in [5.41, 5.74) is 8.01. The highest BCUT2D eigenvalue weighted by atomic mass is 32.1. The van der Waals surface area contributed by atoms with Gasteiger partial charge in [0.1, 0.15) is 0 Å². The summed E-state index contributed by atoms with van der Waals surface area (Å²) in [5.74, 6) is 0.287. The molecule has 7 heteroatoms. The third kappa shape index (κ3) is 2.94. The van der Waals surface area contributed by atoms with E-state index in [0.29, 0.717) is 5.13 Å². The standard InChI is InChI=1S/C19H19N5OS/c1-12-9-23-18(26-12)24-16(25)19(7-2-8-19)15-5-3-13(4-6-15)14-10-21-17(20)22-11-14/h3-6,9-11H,2,7-8H2,1H3,(H2,20,21,22)(H,23,24,25). The fourth-order valence-corrected chi connectivity index (χ4v) is 3.93. The Labute approximate surface area is 155 Å². The van der Waals surface area contributed by atoms with Crippen LogP contribution in [0.2, 0.25) is 0 Å². The number of nitrogen functional groups attached to an aromatic ring is 1. The van der Waals surface area contributed by atoms with Crippen molar-refractivity contribution < 1.29 is 4.79 Å². The van der Waals surface area contributed by atoms with Crippen LogP contribution >= 0.6 is 11.3 Å². The molecular weight excluding hydrogens is 346 g/mol. The molecule has 1 aliphatic carbocycles. The lowest BCUT2D eigenvalue weighted by Crippen LogP contribution is -2.45. The van der Waals surface area contributed by atoms with E-state index >= 15 is 0 Å². The van der Waals surface area contributed by atoms with Crippen molar-refractivity contribution in [2.45, 2.75) is 31.6 Å². The van der Waals surface area contributed by atoms with E-state index in [1.165, 1.54) is 11.3 Å². The highest BCUT2D eigenvalue weighted by Crippen LogP contribution is 2.45. The number of hydrogen-bond acceptors (Lipinski definition) is 6.